The van der Waals surface area contributed by atoms with E-state index in [1.165, 1.54) is 11.6 Å². The number of methoxy groups -OCH3 is 1. The van der Waals surface area contributed by atoms with Gasteiger partial charge in [-0.2, -0.15) is 5.26 Å². The summed E-state index contributed by atoms with van der Waals surface area (Å²) in [7, 11) is 1.72. The van der Waals surface area contributed by atoms with Crippen LogP contribution in [0.4, 0.5) is 0 Å². The molecule has 0 heterocycles. The second kappa shape index (κ2) is 12.8. The topological polar surface area (TPSA) is 85.1 Å². The van der Waals surface area contributed by atoms with Gasteiger partial charge in [-0.15, -0.1) is 0 Å². The summed E-state index contributed by atoms with van der Waals surface area (Å²) in [5, 5.41) is 11.4. The molecule has 4 N–H and O–H groups in total. The van der Waals surface area contributed by atoms with Gasteiger partial charge < -0.3 is 16.2 Å². The molecule has 0 aliphatic rings. The number of unbranched alkanes of at least 4 members (excludes halogenated alkanes) is 1. The Morgan fingerprint density at radius 3 is 2.21 bits per heavy atom. The van der Waals surface area contributed by atoms with E-state index in [2.05, 4.69) is 91.0 Å². The predicted molar refractivity (Wildman–Crippen MR) is 159 cm³/mol. The molecule has 4 heteroatoms. The minimum Gasteiger partial charge on any atom is -0.496 e. The quantitative estimate of drug-likeness (QED) is 0.141. The number of hydrogen-bond acceptors (Lipinski definition) is 4. The third-order valence-corrected chi connectivity index (χ3v) is 6.40. The Balaban J connectivity index is 1.63. The van der Waals surface area contributed by atoms with Gasteiger partial charge in [0.1, 0.15) is 5.75 Å². The van der Waals surface area contributed by atoms with Gasteiger partial charge in [-0.25, -0.2) is 0 Å². The number of hydrogen-bond donors (Lipinski definition) is 2. The monoisotopic (exact) mass is 497 g/mol. The molecule has 0 atom stereocenters. The van der Waals surface area contributed by atoms with Crippen LogP contribution in [0.3, 0.4) is 0 Å². The van der Waals surface area contributed by atoms with Crippen molar-refractivity contribution in [2.24, 2.45) is 11.5 Å². The largest absolute Gasteiger partial charge is 0.496 e. The molecule has 0 saturated carbocycles. The Morgan fingerprint density at radius 2 is 1.55 bits per heavy atom. The number of nitrogens with zero attached hydrogens (tertiary/aromatic N) is 1. The molecule has 4 rings (SSSR count). The lowest BCUT2D eigenvalue weighted by Crippen LogP contribution is -1.93. The normalized spacial score (nSPS) is 12.3. The summed E-state index contributed by atoms with van der Waals surface area (Å²) in [4.78, 5) is 0. The summed E-state index contributed by atoms with van der Waals surface area (Å²) in [6.45, 7) is 0. The second-order valence-electron chi connectivity index (χ2n) is 8.72. The van der Waals surface area contributed by atoms with Gasteiger partial charge in [-0.1, -0.05) is 97.1 Å². The number of fused-ring (bicyclic) bond motifs is 1. The molecule has 0 spiro atoms. The fraction of sp³-hybridized carbons (Fsp3) is 0.0882. The zero-order valence-electron chi connectivity index (χ0n) is 21.5. The average molecular weight is 498 g/mol. The molecule has 4 aromatic carbocycles. The number of rotatable bonds is 9. The first-order valence-corrected chi connectivity index (χ1v) is 12.5. The van der Waals surface area contributed by atoms with Gasteiger partial charge in [-0.05, 0) is 69.8 Å². The van der Waals surface area contributed by atoms with Gasteiger partial charge in [0, 0.05) is 17.3 Å². The van der Waals surface area contributed by atoms with Gasteiger partial charge in [-0.3, -0.25) is 0 Å². The van der Waals surface area contributed by atoms with Crippen molar-refractivity contribution in [2.45, 2.75) is 12.8 Å². The second-order valence-corrected chi connectivity index (χ2v) is 8.72. The van der Waals surface area contributed by atoms with Crippen LogP contribution in [-0.2, 0) is 0 Å². The summed E-state index contributed by atoms with van der Waals surface area (Å²) in [5.41, 5.74) is 18.3. The van der Waals surface area contributed by atoms with Crippen LogP contribution in [0.15, 0.2) is 127 Å². The molecule has 0 bridgehead atoms. The minimum atomic E-state index is 0.561. The Labute approximate surface area is 224 Å². The number of nitrogens with two attached hydrogens (primary N) is 2. The van der Waals surface area contributed by atoms with E-state index in [0.29, 0.717) is 5.57 Å². The molecule has 38 heavy (non-hydrogen) atoms. The van der Waals surface area contributed by atoms with E-state index in [9.17, 15) is 0 Å². The van der Waals surface area contributed by atoms with Crippen LogP contribution < -0.4 is 16.2 Å². The van der Waals surface area contributed by atoms with E-state index in [4.69, 9.17) is 21.5 Å². The maximum absolute atomic E-state index is 9.07. The molecule has 0 aliphatic heterocycles. The lowest BCUT2D eigenvalue weighted by molar-refractivity contribution is 0.417. The summed E-state index contributed by atoms with van der Waals surface area (Å²) in [6, 6.07) is 31.5. The maximum atomic E-state index is 9.07. The average Bonchev–Trinajstić information content (AvgIpc) is 2.98. The lowest BCUT2D eigenvalue weighted by atomic mass is 9.90. The highest BCUT2D eigenvalue weighted by Gasteiger charge is 2.15. The third-order valence-electron chi connectivity index (χ3n) is 6.40. The highest BCUT2D eigenvalue weighted by molar-refractivity contribution is 6.07. The van der Waals surface area contributed by atoms with Crippen LogP contribution in [0.1, 0.15) is 18.4 Å². The van der Waals surface area contributed by atoms with Crippen LogP contribution in [0.25, 0.3) is 38.6 Å². The molecule has 4 nitrogen and oxygen atoms in total. The first kappa shape index (κ1) is 26.1. The van der Waals surface area contributed by atoms with E-state index in [0.717, 1.165) is 57.4 Å². The van der Waals surface area contributed by atoms with Crippen LogP contribution >= 0.6 is 0 Å². The van der Waals surface area contributed by atoms with Crippen molar-refractivity contribution in [3.8, 4) is 34.1 Å². The van der Waals surface area contributed by atoms with E-state index in [1.807, 2.05) is 18.2 Å². The van der Waals surface area contributed by atoms with Gasteiger partial charge in [0.25, 0.3) is 0 Å². The predicted octanol–water partition coefficient (Wildman–Crippen LogP) is 7.74. The van der Waals surface area contributed by atoms with E-state index < -0.39 is 0 Å². The zero-order valence-corrected chi connectivity index (χ0v) is 21.5. The fourth-order valence-electron chi connectivity index (χ4n) is 4.54. The SMILES string of the molecule is COc1cc(-c2ccccc2)c2ccccc2c1-c1ccc(C(/C=C\CC/C=C(C#N)\C=C/N)=C/N)cc1. The van der Waals surface area contributed by atoms with Crippen LogP contribution in [0.5, 0.6) is 5.75 Å². The van der Waals surface area contributed by atoms with Gasteiger partial charge in [0.2, 0.25) is 0 Å². The standard InChI is InChI=1S/C34H31N3O/c1-38-33-22-32(27-11-5-3-6-12-27)30-14-8-9-15-31(30)34(33)28-18-16-26(17-19-28)29(24-37)13-7-2-4-10-25(23-36)20-21-35/h3,5-22,24H,2,4,35,37H2,1H3/b13-7-,21-20-,25-10+,29-24+. The van der Waals surface area contributed by atoms with E-state index >= 15 is 0 Å². The third kappa shape index (κ3) is 5.86. The Hall–Kier alpha value is -5.01. The van der Waals surface area contributed by atoms with Gasteiger partial charge in [0.15, 0.2) is 0 Å². The zero-order chi connectivity index (χ0) is 26.7. The molecule has 0 aromatic heterocycles. The van der Waals surface area contributed by atoms with E-state index in [1.54, 1.807) is 19.4 Å². The van der Waals surface area contributed by atoms with Crippen molar-refractivity contribution in [1.29, 1.82) is 5.26 Å². The van der Waals surface area contributed by atoms with Crippen molar-refractivity contribution in [1.82, 2.24) is 0 Å². The Bertz CT molecular complexity index is 1550. The number of allylic oxidation sites excluding steroid dienone is 6. The van der Waals surface area contributed by atoms with Crippen LogP contribution in [-0.4, -0.2) is 7.11 Å². The summed E-state index contributed by atoms with van der Waals surface area (Å²) in [5.74, 6) is 0.832. The highest BCUT2D eigenvalue weighted by atomic mass is 16.5. The summed E-state index contributed by atoms with van der Waals surface area (Å²) < 4.78 is 5.91. The van der Waals surface area contributed by atoms with Crippen LogP contribution in [0.2, 0.25) is 0 Å². The van der Waals surface area contributed by atoms with Crippen molar-refractivity contribution in [3.63, 3.8) is 0 Å². The smallest absolute Gasteiger partial charge is 0.127 e. The van der Waals surface area contributed by atoms with Crippen molar-refractivity contribution >= 4 is 16.3 Å². The van der Waals surface area contributed by atoms with Gasteiger partial charge in [0.05, 0.1) is 13.2 Å². The maximum Gasteiger partial charge on any atom is 0.127 e. The summed E-state index contributed by atoms with van der Waals surface area (Å²) in [6.07, 6.45) is 12.1. The van der Waals surface area contributed by atoms with Crippen molar-refractivity contribution in [2.75, 3.05) is 7.11 Å². The summed E-state index contributed by atoms with van der Waals surface area (Å²) >= 11 is 0. The van der Waals surface area contributed by atoms with Crippen molar-refractivity contribution < 1.29 is 4.74 Å². The molecule has 0 aliphatic carbocycles. The number of ether oxygens (including phenoxy) is 1. The highest BCUT2D eigenvalue weighted by Crippen LogP contribution is 2.42. The molecule has 0 unspecified atom stereocenters. The molecular weight excluding hydrogens is 466 g/mol. The van der Waals surface area contributed by atoms with Gasteiger partial charge >= 0.3 is 0 Å². The first-order chi connectivity index (χ1) is 18.7. The molecule has 0 fully saturated rings. The van der Waals surface area contributed by atoms with Crippen LogP contribution in [0, 0.1) is 11.3 Å². The minimum absolute atomic E-state index is 0.561. The molecule has 0 saturated heterocycles. The molecule has 0 radical (unpaired) electrons. The van der Waals surface area contributed by atoms with Crippen molar-refractivity contribution in [3.05, 3.63) is 133 Å². The molecule has 188 valence electrons. The first-order valence-electron chi connectivity index (χ1n) is 12.5. The Morgan fingerprint density at radius 1 is 0.842 bits per heavy atom. The molecule has 0 amide bonds. The Kier molecular flexibility index (Phi) is 8.78. The number of benzene rings is 4. The van der Waals surface area contributed by atoms with E-state index in [-0.39, 0.29) is 0 Å². The molecular formula is C34H31N3O. The molecule has 4 aromatic rings. The lowest BCUT2D eigenvalue weighted by Gasteiger charge is -2.17. The fourth-order valence-corrected chi connectivity index (χ4v) is 4.54. The number of nitriles is 1.